The van der Waals surface area contributed by atoms with E-state index in [1.807, 2.05) is 30.3 Å². The van der Waals surface area contributed by atoms with Gasteiger partial charge in [-0.05, 0) is 42.2 Å². The molecular weight excluding hydrogens is 298 g/mol. The van der Waals surface area contributed by atoms with Crippen LogP contribution in [0.4, 0.5) is 5.69 Å². The third-order valence-electron chi connectivity index (χ3n) is 4.52. The van der Waals surface area contributed by atoms with E-state index in [1.165, 1.54) is 12.1 Å². The van der Waals surface area contributed by atoms with E-state index in [2.05, 4.69) is 34.5 Å². The van der Waals surface area contributed by atoms with Crippen molar-refractivity contribution in [3.63, 3.8) is 0 Å². The van der Waals surface area contributed by atoms with Gasteiger partial charge in [0.25, 0.3) is 0 Å². The molecule has 0 bridgehead atoms. The molecule has 1 aliphatic rings. The normalized spacial score (nSPS) is 16.8. The summed E-state index contributed by atoms with van der Waals surface area (Å²) in [4.78, 5) is 2.42. The second-order valence-corrected chi connectivity index (χ2v) is 6.25. The highest BCUT2D eigenvalue weighted by atomic mass is 16.5. The Bertz CT molecular complexity index is 723. The Morgan fingerprint density at radius 2 is 2.12 bits per heavy atom. The van der Waals surface area contributed by atoms with Crippen molar-refractivity contribution in [1.82, 2.24) is 5.32 Å². The maximum Gasteiger partial charge on any atom is 0.120 e. The van der Waals surface area contributed by atoms with E-state index in [1.54, 1.807) is 7.11 Å². The summed E-state index contributed by atoms with van der Waals surface area (Å²) in [5.41, 5.74) is 3.12. The number of anilines is 1. The number of hydrogen-bond donors (Lipinski definition) is 1. The van der Waals surface area contributed by atoms with Gasteiger partial charge in [-0.15, -0.1) is 0 Å². The van der Waals surface area contributed by atoms with Crippen molar-refractivity contribution in [2.45, 2.75) is 13.0 Å². The van der Waals surface area contributed by atoms with Gasteiger partial charge in [0, 0.05) is 37.9 Å². The van der Waals surface area contributed by atoms with Crippen molar-refractivity contribution < 1.29 is 4.74 Å². The van der Waals surface area contributed by atoms with E-state index in [-0.39, 0.29) is 0 Å². The van der Waals surface area contributed by atoms with Gasteiger partial charge in [0.05, 0.1) is 18.7 Å². The van der Waals surface area contributed by atoms with Gasteiger partial charge < -0.3 is 15.0 Å². The fraction of sp³-hybridized carbons (Fsp3) is 0.350. The van der Waals surface area contributed by atoms with Crippen LogP contribution in [0.5, 0.6) is 5.75 Å². The number of nitrogens with zero attached hydrogens (tertiary/aromatic N) is 2. The van der Waals surface area contributed by atoms with Crippen LogP contribution < -0.4 is 15.0 Å². The summed E-state index contributed by atoms with van der Waals surface area (Å²) >= 11 is 0. The van der Waals surface area contributed by atoms with Gasteiger partial charge in [0.2, 0.25) is 0 Å². The molecule has 1 heterocycles. The lowest BCUT2D eigenvalue weighted by atomic mass is 10.1. The van der Waals surface area contributed by atoms with E-state index in [0.717, 1.165) is 43.1 Å². The molecule has 0 saturated carbocycles. The van der Waals surface area contributed by atoms with Crippen LogP contribution in [0.15, 0.2) is 48.5 Å². The number of nitrogens with one attached hydrogen (secondary N) is 1. The van der Waals surface area contributed by atoms with Crippen LogP contribution in [0.1, 0.15) is 17.5 Å². The molecule has 0 unspecified atom stereocenters. The maximum absolute atomic E-state index is 8.95. The predicted molar refractivity (Wildman–Crippen MR) is 96.2 cm³/mol. The molecule has 1 atom stereocenters. The molecule has 0 aromatic heterocycles. The standard InChI is InChI=1S/C20H23N3O/c1-24-20-7-3-6-19(11-20)23-9-8-18(15-23)14-22-13-17-5-2-4-16(10-17)12-21/h2-7,10-11,18,22H,8-9,13-15H2,1H3/t18-/m1/s1. The van der Waals surface area contributed by atoms with Gasteiger partial charge in [0.15, 0.2) is 0 Å². The fourth-order valence-corrected chi connectivity index (χ4v) is 3.21. The SMILES string of the molecule is COc1cccc(N2CC[C@H](CNCc3cccc(C#N)c3)C2)c1. The lowest BCUT2D eigenvalue weighted by Gasteiger charge is -2.19. The average Bonchev–Trinajstić information content (AvgIpc) is 3.11. The second kappa shape index (κ2) is 7.85. The molecule has 1 N–H and O–H groups in total. The number of hydrogen-bond acceptors (Lipinski definition) is 4. The summed E-state index contributed by atoms with van der Waals surface area (Å²) in [6, 6.07) is 18.2. The van der Waals surface area contributed by atoms with Crippen LogP contribution in [-0.4, -0.2) is 26.7 Å². The minimum atomic E-state index is 0.648. The third-order valence-corrected chi connectivity index (χ3v) is 4.52. The second-order valence-electron chi connectivity index (χ2n) is 6.25. The Kier molecular flexibility index (Phi) is 5.35. The van der Waals surface area contributed by atoms with Crippen molar-refractivity contribution in [1.29, 1.82) is 5.26 Å². The quantitative estimate of drug-likeness (QED) is 0.888. The minimum absolute atomic E-state index is 0.648. The fourth-order valence-electron chi connectivity index (χ4n) is 3.21. The molecule has 1 aliphatic heterocycles. The van der Waals surface area contributed by atoms with Crippen molar-refractivity contribution in [3.05, 3.63) is 59.7 Å². The van der Waals surface area contributed by atoms with Gasteiger partial charge in [-0.25, -0.2) is 0 Å². The summed E-state index contributed by atoms with van der Waals surface area (Å²) in [7, 11) is 1.71. The van der Waals surface area contributed by atoms with Crippen molar-refractivity contribution in [2.75, 3.05) is 31.6 Å². The Hall–Kier alpha value is -2.51. The number of rotatable bonds is 6. The highest BCUT2D eigenvalue weighted by Gasteiger charge is 2.22. The summed E-state index contributed by atoms with van der Waals surface area (Å²) in [6.45, 7) is 3.96. The van der Waals surface area contributed by atoms with E-state index >= 15 is 0 Å². The molecule has 4 nitrogen and oxygen atoms in total. The van der Waals surface area contributed by atoms with E-state index in [4.69, 9.17) is 10.00 Å². The molecule has 24 heavy (non-hydrogen) atoms. The predicted octanol–water partition coefficient (Wildman–Crippen LogP) is 3.18. The molecule has 0 radical (unpaired) electrons. The summed E-state index contributed by atoms with van der Waals surface area (Å²) in [6.07, 6.45) is 1.20. The van der Waals surface area contributed by atoms with Gasteiger partial charge >= 0.3 is 0 Å². The minimum Gasteiger partial charge on any atom is -0.497 e. The first-order valence-corrected chi connectivity index (χ1v) is 8.37. The number of nitriles is 1. The first-order valence-electron chi connectivity index (χ1n) is 8.37. The number of ether oxygens (including phenoxy) is 1. The zero-order valence-electron chi connectivity index (χ0n) is 14.0. The molecule has 1 fully saturated rings. The largest absolute Gasteiger partial charge is 0.497 e. The van der Waals surface area contributed by atoms with Gasteiger partial charge in [-0.1, -0.05) is 18.2 Å². The smallest absolute Gasteiger partial charge is 0.120 e. The Labute approximate surface area is 143 Å². The van der Waals surface area contributed by atoms with Crippen LogP contribution >= 0.6 is 0 Å². The van der Waals surface area contributed by atoms with E-state index in [0.29, 0.717) is 5.92 Å². The molecule has 4 heteroatoms. The van der Waals surface area contributed by atoms with Crippen molar-refractivity contribution in [3.8, 4) is 11.8 Å². The topological polar surface area (TPSA) is 48.3 Å². The van der Waals surface area contributed by atoms with Crippen LogP contribution in [0.3, 0.4) is 0 Å². The molecule has 124 valence electrons. The third kappa shape index (κ3) is 4.06. The molecule has 2 aromatic carbocycles. The first kappa shape index (κ1) is 16.4. The first-order chi connectivity index (χ1) is 11.8. The molecule has 0 spiro atoms. The highest BCUT2D eigenvalue weighted by Crippen LogP contribution is 2.26. The Morgan fingerprint density at radius 1 is 1.25 bits per heavy atom. The van der Waals surface area contributed by atoms with Crippen LogP contribution in [0.25, 0.3) is 0 Å². The van der Waals surface area contributed by atoms with Crippen LogP contribution in [-0.2, 0) is 6.54 Å². The Balaban J connectivity index is 1.48. The molecule has 0 amide bonds. The Morgan fingerprint density at radius 3 is 2.96 bits per heavy atom. The summed E-state index contributed by atoms with van der Waals surface area (Å²) in [5.74, 6) is 1.56. The zero-order valence-corrected chi connectivity index (χ0v) is 14.0. The molecule has 3 rings (SSSR count). The monoisotopic (exact) mass is 321 g/mol. The average molecular weight is 321 g/mol. The van der Waals surface area contributed by atoms with Crippen molar-refractivity contribution in [2.24, 2.45) is 5.92 Å². The summed E-state index contributed by atoms with van der Waals surface area (Å²) in [5, 5.41) is 12.5. The number of methoxy groups -OCH3 is 1. The van der Waals surface area contributed by atoms with Gasteiger partial charge in [0.1, 0.15) is 5.75 Å². The molecule has 2 aromatic rings. The van der Waals surface area contributed by atoms with E-state index in [9.17, 15) is 0 Å². The van der Waals surface area contributed by atoms with Crippen molar-refractivity contribution >= 4 is 5.69 Å². The van der Waals surface area contributed by atoms with Gasteiger partial charge in [-0.3, -0.25) is 0 Å². The molecule has 0 aliphatic carbocycles. The van der Waals surface area contributed by atoms with Crippen LogP contribution in [0, 0.1) is 17.2 Å². The van der Waals surface area contributed by atoms with Gasteiger partial charge in [-0.2, -0.15) is 5.26 Å². The molecular formula is C20H23N3O. The summed E-state index contributed by atoms with van der Waals surface area (Å²) < 4.78 is 5.31. The van der Waals surface area contributed by atoms with Crippen LogP contribution in [0.2, 0.25) is 0 Å². The lowest BCUT2D eigenvalue weighted by Crippen LogP contribution is -2.26. The maximum atomic E-state index is 8.95. The lowest BCUT2D eigenvalue weighted by molar-refractivity contribution is 0.415. The molecule has 1 saturated heterocycles. The number of benzene rings is 2. The van der Waals surface area contributed by atoms with E-state index < -0.39 is 0 Å². The zero-order chi connectivity index (χ0) is 16.8. The highest BCUT2D eigenvalue weighted by molar-refractivity contribution is 5.51.